The fourth-order valence-electron chi connectivity index (χ4n) is 3.09. The smallest absolute Gasteiger partial charge is 0.270 e. The van der Waals surface area contributed by atoms with Gasteiger partial charge in [-0.25, -0.2) is 5.01 Å². The molecule has 5 heteroatoms. The minimum atomic E-state index is -0.0127. The van der Waals surface area contributed by atoms with Crippen molar-refractivity contribution >= 4 is 17.5 Å². The van der Waals surface area contributed by atoms with Gasteiger partial charge in [0, 0.05) is 25.9 Å². The first-order valence-corrected chi connectivity index (χ1v) is 8.45. The Balaban J connectivity index is 1.72. The molecule has 1 saturated heterocycles. The number of hydrogen-bond acceptors (Lipinski definition) is 3. The van der Waals surface area contributed by atoms with Crippen LogP contribution in [-0.2, 0) is 16.1 Å². The summed E-state index contributed by atoms with van der Waals surface area (Å²) in [6, 6.07) is 9.76. The van der Waals surface area contributed by atoms with Crippen LogP contribution in [0.3, 0.4) is 0 Å². The first-order valence-electron chi connectivity index (χ1n) is 8.45. The van der Waals surface area contributed by atoms with Gasteiger partial charge >= 0.3 is 0 Å². The summed E-state index contributed by atoms with van der Waals surface area (Å²) >= 11 is 0. The number of amides is 2. The average Bonchev–Trinajstić information content (AvgIpc) is 2.86. The third-order valence-electron chi connectivity index (χ3n) is 4.42. The van der Waals surface area contributed by atoms with Crippen LogP contribution in [0.15, 0.2) is 35.4 Å². The summed E-state index contributed by atoms with van der Waals surface area (Å²) in [5, 5.41) is 5.82. The van der Waals surface area contributed by atoms with Crippen molar-refractivity contribution in [2.75, 3.05) is 13.1 Å². The lowest BCUT2D eigenvalue weighted by atomic mass is 10.1. The predicted octanol–water partition coefficient (Wildman–Crippen LogP) is 2.57. The third-order valence-corrected chi connectivity index (χ3v) is 4.42. The van der Waals surface area contributed by atoms with Crippen molar-refractivity contribution in [1.29, 1.82) is 0 Å². The van der Waals surface area contributed by atoms with E-state index in [1.165, 1.54) is 17.9 Å². The highest BCUT2D eigenvalue weighted by atomic mass is 16.2. The summed E-state index contributed by atoms with van der Waals surface area (Å²) in [6.07, 6.45) is 5.33. The molecule has 2 aliphatic heterocycles. The average molecular weight is 313 g/mol. The van der Waals surface area contributed by atoms with Crippen LogP contribution in [0.2, 0.25) is 0 Å². The minimum Gasteiger partial charge on any atom is -0.338 e. The third kappa shape index (κ3) is 3.97. The lowest BCUT2D eigenvalue weighted by molar-refractivity contribution is -0.132. The van der Waals surface area contributed by atoms with E-state index in [0.29, 0.717) is 25.1 Å². The van der Waals surface area contributed by atoms with E-state index in [0.717, 1.165) is 31.5 Å². The van der Waals surface area contributed by atoms with E-state index in [4.69, 9.17) is 0 Å². The molecular formula is C18H23N3O2. The minimum absolute atomic E-state index is 0.0115. The van der Waals surface area contributed by atoms with Gasteiger partial charge in [0.15, 0.2) is 0 Å². The summed E-state index contributed by atoms with van der Waals surface area (Å²) < 4.78 is 0. The maximum atomic E-state index is 12.7. The molecule has 0 bridgehead atoms. The second kappa shape index (κ2) is 7.40. The van der Waals surface area contributed by atoms with Gasteiger partial charge in [0.2, 0.25) is 5.91 Å². The Hall–Kier alpha value is -2.17. The van der Waals surface area contributed by atoms with E-state index in [-0.39, 0.29) is 11.8 Å². The Kier molecular flexibility index (Phi) is 5.05. The molecule has 0 atom stereocenters. The number of hydrazone groups is 1. The van der Waals surface area contributed by atoms with Crippen LogP contribution in [0.4, 0.5) is 0 Å². The topological polar surface area (TPSA) is 53.0 Å². The molecule has 0 aromatic heterocycles. The zero-order chi connectivity index (χ0) is 16.1. The molecule has 1 fully saturated rings. The van der Waals surface area contributed by atoms with Crippen LogP contribution in [0.1, 0.15) is 44.1 Å². The van der Waals surface area contributed by atoms with Gasteiger partial charge in [-0.3, -0.25) is 9.59 Å². The molecule has 0 N–H and O–H groups in total. The van der Waals surface area contributed by atoms with Gasteiger partial charge < -0.3 is 4.90 Å². The van der Waals surface area contributed by atoms with E-state index in [1.807, 2.05) is 35.2 Å². The molecule has 0 radical (unpaired) electrons. The molecule has 0 spiro atoms. The highest BCUT2D eigenvalue weighted by molar-refractivity contribution is 6.39. The fourth-order valence-corrected chi connectivity index (χ4v) is 3.09. The maximum absolute atomic E-state index is 12.7. The van der Waals surface area contributed by atoms with Gasteiger partial charge in [-0.1, -0.05) is 43.2 Å². The predicted molar refractivity (Wildman–Crippen MR) is 88.7 cm³/mol. The number of benzene rings is 1. The summed E-state index contributed by atoms with van der Waals surface area (Å²) in [6.45, 7) is 2.05. The highest BCUT2D eigenvalue weighted by Gasteiger charge is 2.27. The first kappa shape index (κ1) is 15.7. The molecular weight excluding hydrogens is 290 g/mol. The van der Waals surface area contributed by atoms with Gasteiger partial charge in [-0.15, -0.1) is 0 Å². The summed E-state index contributed by atoms with van der Waals surface area (Å²) in [7, 11) is 0. The second-order valence-corrected chi connectivity index (χ2v) is 6.19. The van der Waals surface area contributed by atoms with Crippen molar-refractivity contribution in [3.05, 3.63) is 35.9 Å². The number of carbonyl (C=O) groups excluding carboxylic acids is 2. The van der Waals surface area contributed by atoms with Crippen LogP contribution >= 0.6 is 0 Å². The SMILES string of the molecule is O=C(C1=NN(Cc2ccccc2)C(=O)CC1)N1CCCCCC1. The van der Waals surface area contributed by atoms with E-state index in [2.05, 4.69) is 5.10 Å². The van der Waals surface area contributed by atoms with Gasteiger partial charge in [-0.05, 0) is 18.4 Å². The van der Waals surface area contributed by atoms with Crippen molar-refractivity contribution in [2.24, 2.45) is 5.10 Å². The Bertz CT molecular complexity index is 590. The Morgan fingerprint density at radius 3 is 2.39 bits per heavy atom. The Morgan fingerprint density at radius 2 is 1.70 bits per heavy atom. The zero-order valence-corrected chi connectivity index (χ0v) is 13.4. The second-order valence-electron chi connectivity index (χ2n) is 6.19. The van der Waals surface area contributed by atoms with Gasteiger partial charge in [0.25, 0.3) is 5.91 Å². The molecule has 2 heterocycles. The number of nitrogens with zero attached hydrogens (tertiary/aromatic N) is 3. The summed E-state index contributed by atoms with van der Waals surface area (Å²) in [4.78, 5) is 26.7. The molecule has 0 aliphatic carbocycles. The monoisotopic (exact) mass is 313 g/mol. The van der Waals surface area contributed by atoms with Crippen LogP contribution in [0, 0.1) is 0 Å². The Labute approximate surface area is 137 Å². The van der Waals surface area contributed by atoms with Crippen LogP contribution in [-0.4, -0.2) is 40.5 Å². The molecule has 1 aromatic rings. The molecule has 3 rings (SSSR count). The van der Waals surface area contributed by atoms with E-state index in [1.54, 1.807) is 0 Å². The first-order chi connectivity index (χ1) is 11.2. The highest BCUT2D eigenvalue weighted by Crippen LogP contribution is 2.16. The Morgan fingerprint density at radius 1 is 1.00 bits per heavy atom. The molecule has 122 valence electrons. The van der Waals surface area contributed by atoms with Crippen molar-refractivity contribution in [3.63, 3.8) is 0 Å². The molecule has 5 nitrogen and oxygen atoms in total. The van der Waals surface area contributed by atoms with E-state index < -0.39 is 0 Å². The lowest BCUT2D eigenvalue weighted by Crippen LogP contribution is -2.41. The van der Waals surface area contributed by atoms with E-state index >= 15 is 0 Å². The number of rotatable bonds is 3. The van der Waals surface area contributed by atoms with Crippen molar-refractivity contribution in [2.45, 2.75) is 45.1 Å². The fraction of sp³-hybridized carbons (Fsp3) is 0.500. The molecule has 23 heavy (non-hydrogen) atoms. The van der Waals surface area contributed by atoms with Crippen molar-refractivity contribution in [3.8, 4) is 0 Å². The molecule has 0 saturated carbocycles. The molecule has 1 aromatic carbocycles. The molecule has 2 aliphatic rings. The van der Waals surface area contributed by atoms with Gasteiger partial charge in [0.1, 0.15) is 5.71 Å². The van der Waals surface area contributed by atoms with Crippen LogP contribution < -0.4 is 0 Å². The summed E-state index contributed by atoms with van der Waals surface area (Å²) in [5.41, 5.74) is 1.55. The quantitative estimate of drug-likeness (QED) is 0.861. The zero-order valence-electron chi connectivity index (χ0n) is 13.4. The molecule has 2 amide bonds. The van der Waals surface area contributed by atoms with Gasteiger partial charge in [-0.2, -0.15) is 5.10 Å². The van der Waals surface area contributed by atoms with Crippen molar-refractivity contribution < 1.29 is 9.59 Å². The molecule has 0 unspecified atom stereocenters. The van der Waals surface area contributed by atoms with Gasteiger partial charge in [0.05, 0.1) is 6.54 Å². The van der Waals surface area contributed by atoms with Crippen LogP contribution in [0.5, 0.6) is 0 Å². The number of likely N-dealkylation sites (tertiary alicyclic amines) is 1. The maximum Gasteiger partial charge on any atom is 0.270 e. The normalized spacial score (nSPS) is 19.3. The standard InChI is InChI=1S/C18H23N3O2/c22-17-11-10-16(18(23)20-12-6-1-2-7-13-20)19-21(17)14-15-8-4-3-5-9-15/h3-5,8-9H,1-2,6-7,10-14H2. The number of hydrogen-bond donors (Lipinski definition) is 0. The van der Waals surface area contributed by atoms with Crippen LogP contribution in [0.25, 0.3) is 0 Å². The number of carbonyl (C=O) groups is 2. The summed E-state index contributed by atoms with van der Waals surface area (Å²) in [5.74, 6) is -0.00117. The van der Waals surface area contributed by atoms with E-state index in [9.17, 15) is 9.59 Å². The van der Waals surface area contributed by atoms with Crippen molar-refractivity contribution in [1.82, 2.24) is 9.91 Å². The lowest BCUT2D eigenvalue weighted by Gasteiger charge is -2.26. The largest absolute Gasteiger partial charge is 0.338 e.